The van der Waals surface area contributed by atoms with Crippen LogP contribution in [0, 0.1) is 6.92 Å². The van der Waals surface area contributed by atoms with E-state index in [2.05, 4.69) is 19.5 Å². The maximum atomic E-state index is 13.4. The van der Waals surface area contributed by atoms with E-state index in [0.29, 0.717) is 0 Å². The zero-order chi connectivity index (χ0) is 27.4. The number of H-pyrrole nitrogens is 1. The van der Waals surface area contributed by atoms with Crippen molar-refractivity contribution in [1.29, 1.82) is 0 Å². The number of aryl methyl sites for hydroxylation is 1. The molecule has 2 heterocycles. The Morgan fingerprint density at radius 3 is 2.49 bits per heavy atom. The maximum Gasteiger partial charge on any atom is 0.573 e. The first-order valence-electron chi connectivity index (χ1n) is 10.6. The molecule has 2 N–H and O–H groups in total. The molecule has 1 aromatic carbocycles. The van der Waals surface area contributed by atoms with E-state index >= 15 is 0 Å². The van der Waals surface area contributed by atoms with Crippen LogP contribution in [0.5, 0.6) is 11.5 Å². The van der Waals surface area contributed by atoms with Gasteiger partial charge < -0.3 is 18.7 Å². The van der Waals surface area contributed by atoms with Crippen LogP contribution >= 0.6 is 7.75 Å². The number of hydrogen-bond donors (Lipinski definition) is 2. The summed E-state index contributed by atoms with van der Waals surface area (Å²) < 4.78 is 76.6. The Labute approximate surface area is 207 Å². The molecule has 0 saturated heterocycles. The lowest BCUT2D eigenvalue weighted by molar-refractivity contribution is -0.274. The molecular weight excluding hydrogens is 526 g/mol. The first-order chi connectivity index (χ1) is 17.3. The number of aromatic amines is 1. The van der Waals surface area contributed by atoms with Gasteiger partial charge in [0.15, 0.2) is 6.23 Å². The number of esters is 1. The van der Waals surface area contributed by atoms with E-state index in [1.165, 1.54) is 32.2 Å². The minimum Gasteiger partial charge on any atom is -0.468 e. The molecule has 4 atom stereocenters. The van der Waals surface area contributed by atoms with Gasteiger partial charge in [-0.25, -0.2) is 9.36 Å². The van der Waals surface area contributed by atoms with Crippen LogP contribution in [0.25, 0.3) is 0 Å². The molecule has 37 heavy (non-hydrogen) atoms. The van der Waals surface area contributed by atoms with Gasteiger partial charge in [-0.15, -0.1) is 13.2 Å². The van der Waals surface area contributed by atoms with Gasteiger partial charge in [0.25, 0.3) is 5.56 Å². The summed E-state index contributed by atoms with van der Waals surface area (Å²) in [7, 11) is -3.22. The molecule has 0 fully saturated rings. The minimum atomic E-state index is -4.90. The topological polar surface area (TPSA) is 147 Å². The number of carbonyl (C=O) groups is 1. The maximum absolute atomic E-state index is 13.4. The monoisotopic (exact) mass is 549 g/mol. The number of rotatable bonds is 10. The predicted molar refractivity (Wildman–Crippen MR) is 121 cm³/mol. The molecule has 0 aliphatic carbocycles. The number of nitrogens with one attached hydrogen (secondary N) is 2. The molecule has 1 unspecified atom stereocenters. The third-order valence-electron chi connectivity index (χ3n) is 4.82. The Bertz CT molecular complexity index is 1310. The normalized spacial score (nSPS) is 19.7. The number of aromatic nitrogens is 2. The van der Waals surface area contributed by atoms with Gasteiger partial charge in [0.05, 0.1) is 13.7 Å². The fourth-order valence-electron chi connectivity index (χ4n) is 3.09. The quantitative estimate of drug-likeness (QED) is 0.257. The lowest BCUT2D eigenvalue weighted by Gasteiger charge is -2.24. The SMILES string of the molecule is COC(=O)[C@H](C)NP(=O)(OC[C@@H]1C=C[C@H](n2cc(C)c(=O)[nH]c2=O)O1)Oc1ccc(OC(F)(F)F)cc1. The number of ether oxygens (including phenoxy) is 3. The molecule has 1 aliphatic heterocycles. The van der Waals surface area contributed by atoms with Crippen LogP contribution in [0.2, 0.25) is 0 Å². The lowest BCUT2D eigenvalue weighted by atomic mass is 10.3. The fourth-order valence-corrected chi connectivity index (χ4v) is 4.59. The van der Waals surface area contributed by atoms with E-state index in [-0.39, 0.29) is 17.9 Å². The number of halogens is 3. The molecule has 0 bridgehead atoms. The molecule has 0 radical (unpaired) electrons. The third kappa shape index (κ3) is 7.79. The average Bonchev–Trinajstić information content (AvgIpc) is 3.29. The van der Waals surface area contributed by atoms with Crippen molar-refractivity contribution in [1.82, 2.24) is 14.6 Å². The average molecular weight is 549 g/mol. The van der Waals surface area contributed by atoms with Crippen LogP contribution < -0.4 is 25.6 Å². The smallest absolute Gasteiger partial charge is 0.468 e. The predicted octanol–water partition coefficient (Wildman–Crippen LogP) is 2.55. The molecule has 16 heteroatoms. The van der Waals surface area contributed by atoms with Gasteiger partial charge in [-0.05, 0) is 44.2 Å². The number of methoxy groups -OCH3 is 1. The largest absolute Gasteiger partial charge is 0.573 e. The van der Waals surface area contributed by atoms with Crippen LogP contribution in [-0.4, -0.2) is 47.7 Å². The van der Waals surface area contributed by atoms with Crippen LogP contribution in [0.3, 0.4) is 0 Å². The van der Waals surface area contributed by atoms with Crippen LogP contribution in [0.4, 0.5) is 13.2 Å². The third-order valence-corrected chi connectivity index (χ3v) is 6.47. The number of nitrogens with zero attached hydrogens (tertiary/aromatic N) is 1. The van der Waals surface area contributed by atoms with E-state index in [1.54, 1.807) is 0 Å². The second-order valence-corrected chi connectivity index (χ2v) is 9.40. The second-order valence-electron chi connectivity index (χ2n) is 7.71. The van der Waals surface area contributed by atoms with Gasteiger partial charge in [0, 0.05) is 11.8 Å². The van der Waals surface area contributed by atoms with E-state index in [0.717, 1.165) is 35.9 Å². The number of benzene rings is 1. The summed E-state index contributed by atoms with van der Waals surface area (Å²) in [5, 5.41) is 2.39. The van der Waals surface area contributed by atoms with Gasteiger partial charge in [-0.3, -0.25) is 23.7 Å². The first-order valence-corrected chi connectivity index (χ1v) is 12.1. The number of hydrogen-bond acceptors (Lipinski definition) is 9. The highest BCUT2D eigenvalue weighted by molar-refractivity contribution is 7.52. The van der Waals surface area contributed by atoms with Crippen molar-refractivity contribution < 1.29 is 45.8 Å². The molecule has 2 aromatic rings. The molecule has 202 valence electrons. The van der Waals surface area contributed by atoms with Gasteiger partial charge in [0.1, 0.15) is 23.6 Å². The first kappa shape index (κ1) is 28.2. The van der Waals surface area contributed by atoms with Crippen molar-refractivity contribution in [2.45, 2.75) is 38.6 Å². The van der Waals surface area contributed by atoms with Crippen molar-refractivity contribution in [3.63, 3.8) is 0 Å². The second kappa shape index (κ2) is 11.3. The fraction of sp³-hybridized carbons (Fsp3) is 0.381. The van der Waals surface area contributed by atoms with Gasteiger partial charge >= 0.3 is 25.8 Å². The Hall–Kier alpha value is -3.39. The number of carbonyl (C=O) groups excluding carboxylic acids is 1. The summed E-state index contributed by atoms with van der Waals surface area (Å²) >= 11 is 0. The zero-order valence-corrected chi connectivity index (χ0v) is 20.6. The highest BCUT2D eigenvalue weighted by atomic mass is 31.2. The van der Waals surface area contributed by atoms with Crippen LogP contribution in [-0.2, 0) is 23.4 Å². The number of alkyl halides is 3. The molecule has 0 saturated carbocycles. The molecule has 0 amide bonds. The highest BCUT2D eigenvalue weighted by Crippen LogP contribution is 2.46. The van der Waals surface area contributed by atoms with E-state index < -0.39 is 55.5 Å². The van der Waals surface area contributed by atoms with Crippen molar-refractivity contribution in [3.05, 3.63) is 69.0 Å². The molecular formula is C21H23F3N3O9P. The van der Waals surface area contributed by atoms with Gasteiger partial charge in [-0.2, -0.15) is 5.09 Å². The lowest BCUT2D eigenvalue weighted by Crippen LogP contribution is -2.35. The van der Waals surface area contributed by atoms with E-state index in [4.69, 9.17) is 13.8 Å². The summed E-state index contributed by atoms with van der Waals surface area (Å²) in [6, 6.07) is 2.85. The Kier molecular flexibility index (Phi) is 8.64. The van der Waals surface area contributed by atoms with Gasteiger partial charge in [-0.1, -0.05) is 6.08 Å². The Morgan fingerprint density at radius 1 is 1.22 bits per heavy atom. The van der Waals surface area contributed by atoms with E-state index in [9.17, 15) is 32.1 Å². The van der Waals surface area contributed by atoms with Crippen molar-refractivity contribution in [3.8, 4) is 11.5 Å². The summed E-state index contributed by atoms with van der Waals surface area (Å²) in [6.45, 7) is 2.47. The van der Waals surface area contributed by atoms with Gasteiger partial charge in [0.2, 0.25) is 0 Å². The summed E-state index contributed by atoms with van der Waals surface area (Å²) in [4.78, 5) is 37.7. The molecule has 0 spiro atoms. The molecule has 12 nitrogen and oxygen atoms in total. The molecule has 1 aromatic heterocycles. The zero-order valence-electron chi connectivity index (χ0n) is 19.7. The minimum absolute atomic E-state index is 0.154. The highest BCUT2D eigenvalue weighted by Gasteiger charge is 2.35. The van der Waals surface area contributed by atoms with Crippen LogP contribution in [0.15, 0.2) is 52.2 Å². The molecule has 1 aliphatic rings. The standard InChI is InChI=1S/C21H23F3N3O9P/c1-12-10-27(20(30)25-18(12)28)17-9-8-16(34-17)11-33-37(31,26-13(2)19(29)32-3)36-15-6-4-14(5-7-15)35-21(22,23)24/h4-10,13,16-17H,11H2,1-3H3,(H,26,31)(H,25,28,30)/t13-,16-,17+,37?/m0/s1. The van der Waals surface area contributed by atoms with Crippen molar-refractivity contribution in [2.24, 2.45) is 0 Å². The summed E-state index contributed by atoms with van der Waals surface area (Å²) in [5.74, 6) is -1.47. The Balaban J connectivity index is 1.71. The van der Waals surface area contributed by atoms with Crippen LogP contribution in [0.1, 0.15) is 18.7 Å². The van der Waals surface area contributed by atoms with E-state index in [1.807, 2.05) is 0 Å². The summed E-state index contributed by atoms with van der Waals surface area (Å²) in [6.07, 6.45) is -2.25. The summed E-state index contributed by atoms with van der Waals surface area (Å²) in [5.41, 5.74) is -0.959. The van der Waals surface area contributed by atoms with Crippen molar-refractivity contribution >= 4 is 13.7 Å². The van der Waals surface area contributed by atoms with Crippen molar-refractivity contribution in [2.75, 3.05) is 13.7 Å². The Morgan fingerprint density at radius 2 is 1.86 bits per heavy atom. The molecule has 3 rings (SSSR count).